The van der Waals surface area contributed by atoms with Gasteiger partial charge in [0, 0.05) is 13.6 Å². The average molecular weight is 302 g/mol. The second kappa shape index (κ2) is 6.05. The Morgan fingerprint density at radius 1 is 1.41 bits per heavy atom. The minimum Gasteiger partial charge on any atom is -0.424 e. The summed E-state index contributed by atoms with van der Waals surface area (Å²) in [5.74, 6) is -0.249. The largest absolute Gasteiger partial charge is 0.424 e. The molecular weight excluding hydrogens is 284 g/mol. The fourth-order valence-electron chi connectivity index (χ4n) is 2.71. The smallest absolute Gasteiger partial charge is 0.296 e. The van der Waals surface area contributed by atoms with Gasteiger partial charge < -0.3 is 20.0 Å². The van der Waals surface area contributed by atoms with Crippen LogP contribution in [0.4, 0.5) is 6.01 Å². The van der Waals surface area contributed by atoms with E-state index < -0.39 is 0 Å². The lowest BCUT2D eigenvalue weighted by molar-refractivity contribution is -0.136. The molecule has 0 aliphatic carbocycles. The maximum Gasteiger partial charge on any atom is 0.296 e. The van der Waals surface area contributed by atoms with Crippen LogP contribution in [0.3, 0.4) is 0 Å². The first kappa shape index (κ1) is 14.4. The van der Waals surface area contributed by atoms with Crippen LogP contribution in [0.5, 0.6) is 0 Å². The van der Waals surface area contributed by atoms with E-state index in [1.807, 2.05) is 24.3 Å². The van der Waals surface area contributed by atoms with Gasteiger partial charge in [-0.2, -0.15) is 4.98 Å². The summed E-state index contributed by atoms with van der Waals surface area (Å²) in [7, 11) is 1.58. The Bertz CT molecular complexity index is 664. The van der Waals surface area contributed by atoms with Crippen LogP contribution in [0.1, 0.15) is 12.8 Å². The highest BCUT2D eigenvalue weighted by Gasteiger charge is 2.33. The van der Waals surface area contributed by atoms with E-state index in [1.54, 1.807) is 11.9 Å². The molecule has 2 heterocycles. The molecule has 7 nitrogen and oxygen atoms in total. The topological polar surface area (TPSA) is 87.5 Å². The quantitative estimate of drug-likeness (QED) is 0.879. The minimum absolute atomic E-state index is 0.0559. The number of likely N-dealkylation sites (N-methyl/N-ethyl adjacent to an activating group) is 1. The fourth-order valence-corrected chi connectivity index (χ4v) is 2.71. The molecular formula is C15H18N4O3. The van der Waals surface area contributed by atoms with Gasteiger partial charge in [-0.25, -0.2) is 0 Å². The van der Waals surface area contributed by atoms with Crippen molar-refractivity contribution >= 4 is 28.9 Å². The number of hydrogen-bond donors (Lipinski definition) is 2. The number of benzene rings is 1. The summed E-state index contributed by atoms with van der Waals surface area (Å²) in [5.41, 5.74) is 1.41. The lowest BCUT2D eigenvalue weighted by Gasteiger charge is -2.23. The number of aromatic nitrogens is 1. The number of nitrogens with one attached hydrogen (secondary N) is 2. The summed E-state index contributed by atoms with van der Waals surface area (Å²) in [4.78, 5) is 29.9. The zero-order chi connectivity index (χ0) is 15.5. The first-order valence-corrected chi connectivity index (χ1v) is 7.29. The number of fused-ring (bicyclic) bond motifs is 1. The van der Waals surface area contributed by atoms with E-state index in [0.717, 1.165) is 11.9 Å². The molecule has 0 saturated carbocycles. The molecule has 7 heteroatoms. The number of rotatable bonds is 4. The summed E-state index contributed by atoms with van der Waals surface area (Å²) >= 11 is 0. The van der Waals surface area contributed by atoms with Crippen molar-refractivity contribution in [2.24, 2.45) is 0 Å². The normalized spacial score (nSPS) is 17.7. The maximum atomic E-state index is 12.3. The van der Waals surface area contributed by atoms with Gasteiger partial charge in [-0.1, -0.05) is 12.1 Å². The van der Waals surface area contributed by atoms with Crippen LogP contribution in [0.15, 0.2) is 28.7 Å². The molecule has 0 spiro atoms. The molecule has 0 radical (unpaired) electrons. The Morgan fingerprint density at radius 3 is 3.00 bits per heavy atom. The summed E-state index contributed by atoms with van der Waals surface area (Å²) in [5, 5.41) is 5.49. The number of oxazole rings is 1. The van der Waals surface area contributed by atoms with Crippen LogP contribution in [0.2, 0.25) is 0 Å². The van der Waals surface area contributed by atoms with E-state index in [9.17, 15) is 9.59 Å². The van der Waals surface area contributed by atoms with Gasteiger partial charge in [0.2, 0.25) is 11.8 Å². The van der Waals surface area contributed by atoms with Crippen molar-refractivity contribution < 1.29 is 14.0 Å². The SMILES string of the molecule is CNC(=O)C1CCCN1C(=O)CNc1nc2ccccc2o1. The Labute approximate surface area is 127 Å². The summed E-state index contributed by atoms with van der Waals surface area (Å²) in [6.45, 7) is 0.659. The van der Waals surface area contributed by atoms with Crippen LogP contribution in [-0.4, -0.2) is 47.9 Å². The summed E-state index contributed by atoms with van der Waals surface area (Å²) in [6.07, 6.45) is 1.54. The van der Waals surface area contributed by atoms with Gasteiger partial charge in [0.1, 0.15) is 11.6 Å². The molecule has 0 bridgehead atoms. The molecule has 3 rings (SSSR count). The Balaban J connectivity index is 1.63. The number of anilines is 1. The van der Waals surface area contributed by atoms with E-state index in [1.165, 1.54) is 0 Å². The molecule has 1 aliphatic heterocycles. The Hall–Kier alpha value is -2.57. The fraction of sp³-hybridized carbons (Fsp3) is 0.400. The highest BCUT2D eigenvalue weighted by Crippen LogP contribution is 2.19. The number of likely N-dealkylation sites (tertiary alicyclic amines) is 1. The van der Waals surface area contributed by atoms with Crippen molar-refractivity contribution in [1.82, 2.24) is 15.2 Å². The van der Waals surface area contributed by atoms with E-state index in [2.05, 4.69) is 15.6 Å². The van der Waals surface area contributed by atoms with Gasteiger partial charge in [-0.15, -0.1) is 0 Å². The van der Waals surface area contributed by atoms with Crippen LogP contribution >= 0.6 is 0 Å². The molecule has 1 atom stereocenters. The van der Waals surface area contributed by atoms with Crippen LogP contribution in [0, 0.1) is 0 Å². The van der Waals surface area contributed by atoms with E-state index >= 15 is 0 Å². The molecule has 22 heavy (non-hydrogen) atoms. The molecule has 1 aromatic carbocycles. The predicted molar refractivity (Wildman–Crippen MR) is 81.3 cm³/mol. The first-order valence-electron chi connectivity index (χ1n) is 7.29. The van der Waals surface area contributed by atoms with Crippen molar-refractivity contribution in [1.29, 1.82) is 0 Å². The van der Waals surface area contributed by atoms with Crippen molar-refractivity contribution in [3.63, 3.8) is 0 Å². The molecule has 1 fully saturated rings. The third-order valence-corrected chi connectivity index (χ3v) is 3.81. The second-order valence-electron chi connectivity index (χ2n) is 5.20. The third kappa shape index (κ3) is 2.74. The predicted octanol–water partition coefficient (Wildman–Crippen LogP) is 0.977. The zero-order valence-corrected chi connectivity index (χ0v) is 12.3. The Kier molecular flexibility index (Phi) is 3.95. The molecule has 1 unspecified atom stereocenters. The summed E-state index contributed by atoms with van der Waals surface area (Å²) in [6, 6.07) is 7.33. The number of nitrogens with zero attached hydrogens (tertiary/aromatic N) is 2. The molecule has 1 aromatic heterocycles. The van der Waals surface area contributed by atoms with Gasteiger partial charge in [0.15, 0.2) is 5.58 Å². The number of carbonyl (C=O) groups excluding carboxylic acids is 2. The summed E-state index contributed by atoms with van der Waals surface area (Å²) < 4.78 is 5.50. The highest BCUT2D eigenvalue weighted by molar-refractivity contribution is 5.89. The third-order valence-electron chi connectivity index (χ3n) is 3.81. The van der Waals surface area contributed by atoms with E-state index in [-0.39, 0.29) is 24.4 Å². The molecule has 2 N–H and O–H groups in total. The van der Waals surface area contributed by atoms with Crippen molar-refractivity contribution in [2.45, 2.75) is 18.9 Å². The lowest BCUT2D eigenvalue weighted by Crippen LogP contribution is -2.46. The molecule has 116 valence electrons. The molecule has 1 saturated heterocycles. The van der Waals surface area contributed by atoms with E-state index in [0.29, 0.717) is 24.6 Å². The molecule has 1 aliphatic rings. The second-order valence-corrected chi connectivity index (χ2v) is 5.20. The van der Waals surface area contributed by atoms with Gasteiger partial charge in [0.25, 0.3) is 6.01 Å². The number of para-hydroxylation sites is 2. The lowest BCUT2D eigenvalue weighted by atomic mass is 10.2. The minimum atomic E-state index is -0.372. The maximum absolute atomic E-state index is 12.3. The highest BCUT2D eigenvalue weighted by atomic mass is 16.4. The van der Waals surface area contributed by atoms with Crippen molar-refractivity contribution in [3.8, 4) is 0 Å². The number of hydrogen-bond acceptors (Lipinski definition) is 5. The van der Waals surface area contributed by atoms with Crippen molar-refractivity contribution in [2.75, 3.05) is 25.5 Å². The van der Waals surface area contributed by atoms with Crippen molar-refractivity contribution in [3.05, 3.63) is 24.3 Å². The van der Waals surface area contributed by atoms with Gasteiger partial charge >= 0.3 is 0 Å². The van der Waals surface area contributed by atoms with Crippen LogP contribution < -0.4 is 10.6 Å². The van der Waals surface area contributed by atoms with Crippen LogP contribution in [-0.2, 0) is 9.59 Å². The monoisotopic (exact) mass is 302 g/mol. The van der Waals surface area contributed by atoms with E-state index in [4.69, 9.17) is 4.42 Å². The number of amides is 2. The molecule has 2 amide bonds. The van der Waals surface area contributed by atoms with Crippen LogP contribution in [0.25, 0.3) is 11.1 Å². The Morgan fingerprint density at radius 2 is 2.23 bits per heavy atom. The first-order chi connectivity index (χ1) is 10.7. The van der Waals surface area contributed by atoms with Gasteiger partial charge in [-0.05, 0) is 25.0 Å². The molecule has 2 aromatic rings. The average Bonchev–Trinajstić information content (AvgIpc) is 3.17. The van der Waals surface area contributed by atoms with Gasteiger partial charge in [0.05, 0.1) is 6.54 Å². The zero-order valence-electron chi connectivity index (χ0n) is 12.3. The number of carbonyl (C=O) groups is 2. The van der Waals surface area contributed by atoms with Gasteiger partial charge in [-0.3, -0.25) is 9.59 Å². The standard InChI is InChI=1S/C15H18N4O3/c1-16-14(21)11-6-4-8-19(11)13(20)9-17-15-18-10-5-2-3-7-12(10)22-15/h2-3,5,7,11H,4,6,8-9H2,1H3,(H,16,21)(H,17,18).